The van der Waals surface area contributed by atoms with Gasteiger partial charge in [0.1, 0.15) is 0 Å². The molecule has 8 nitrogen and oxygen atoms in total. The Labute approximate surface area is 169 Å². The Bertz CT molecular complexity index is 1040. The second kappa shape index (κ2) is 8.41. The highest BCUT2D eigenvalue weighted by atomic mass is 35.5. The van der Waals surface area contributed by atoms with E-state index in [1.54, 1.807) is 32.0 Å². The Morgan fingerprint density at radius 1 is 1.32 bits per heavy atom. The summed E-state index contributed by atoms with van der Waals surface area (Å²) in [6, 6.07) is 11.8. The minimum atomic E-state index is -0.518. The number of aromatic amines is 1. The van der Waals surface area contributed by atoms with Gasteiger partial charge in [0.2, 0.25) is 11.1 Å². The molecule has 0 saturated heterocycles. The van der Waals surface area contributed by atoms with Crippen molar-refractivity contribution in [1.82, 2.24) is 15.2 Å². The lowest BCUT2D eigenvalue weighted by Gasteiger charge is -2.10. The van der Waals surface area contributed by atoms with Crippen molar-refractivity contribution < 1.29 is 9.72 Å². The number of nitrogens with one attached hydrogen (secondary N) is 2. The first-order valence-electron chi connectivity index (χ1n) is 8.25. The molecule has 2 aromatic carbocycles. The molecule has 28 heavy (non-hydrogen) atoms. The Morgan fingerprint density at radius 2 is 2.07 bits per heavy atom. The summed E-state index contributed by atoms with van der Waals surface area (Å²) in [5.74, 6) is 0.196. The quantitative estimate of drug-likeness (QED) is 0.347. The van der Waals surface area contributed by atoms with Gasteiger partial charge < -0.3 is 5.32 Å². The molecule has 144 valence electrons. The fourth-order valence-electron chi connectivity index (χ4n) is 2.41. The number of amides is 1. The van der Waals surface area contributed by atoms with Crippen LogP contribution < -0.4 is 5.32 Å². The lowest BCUT2D eigenvalue weighted by Crippen LogP contribution is -2.22. The fourth-order valence-corrected chi connectivity index (χ4v) is 3.36. The Hall–Kier alpha value is -2.91. The smallest absolute Gasteiger partial charge is 0.274 e. The molecule has 0 saturated carbocycles. The van der Waals surface area contributed by atoms with E-state index in [-0.39, 0.29) is 11.6 Å². The first kappa shape index (κ1) is 19.8. The number of carbonyl (C=O) groups excluding carboxylic acids is 1. The summed E-state index contributed by atoms with van der Waals surface area (Å²) >= 11 is 7.32. The van der Waals surface area contributed by atoms with Crippen molar-refractivity contribution in [3.8, 4) is 11.4 Å². The number of thioether (sulfide) groups is 1. The van der Waals surface area contributed by atoms with Crippen LogP contribution in [0.5, 0.6) is 0 Å². The average Bonchev–Trinajstić information content (AvgIpc) is 3.11. The lowest BCUT2D eigenvalue weighted by molar-refractivity contribution is -0.385. The van der Waals surface area contributed by atoms with Crippen LogP contribution in [0.25, 0.3) is 11.4 Å². The van der Waals surface area contributed by atoms with Crippen molar-refractivity contribution in [2.24, 2.45) is 0 Å². The number of aryl methyl sites for hydroxylation is 1. The Kier molecular flexibility index (Phi) is 5.96. The van der Waals surface area contributed by atoms with Crippen LogP contribution >= 0.6 is 23.4 Å². The normalized spacial score (nSPS) is 11.8. The van der Waals surface area contributed by atoms with E-state index in [1.807, 2.05) is 18.2 Å². The number of carbonyl (C=O) groups is 1. The second-order valence-corrected chi connectivity index (χ2v) is 7.67. The fraction of sp³-hybridized carbons (Fsp3) is 0.167. The van der Waals surface area contributed by atoms with E-state index in [4.69, 9.17) is 11.6 Å². The molecule has 1 aromatic heterocycles. The third-order valence-corrected chi connectivity index (χ3v) is 5.21. The molecule has 0 fully saturated rings. The van der Waals surface area contributed by atoms with Gasteiger partial charge in [-0.3, -0.25) is 20.0 Å². The molecule has 0 aliphatic carbocycles. The third kappa shape index (κ3) is 4.49. The minimum Gasteiger partial charge on any atom is -0.325 e. The minimum absolute atomic E-state index is 0.0449. The van der Waals surface area contributed by atoms with Crippen LogP contribution in [0.4, 0.5) is 11.4 Å². The molecule has 0 radical (unpaired) electrons. The van der Waals surface area contributed by atoms with Gasteiger partial charge in [0.05, 0.1) is 15.2 Å². The van der Waals surface area contributed by atoms with Gasteiger partial charge in [0.15, 0.2) is 5.82 Å². The molecule has 0 bridgehead atoms. The summed E-state index contributed by atoms with van der Waals surface area (Å²) in [6.07, 6.45) is 0. The van der Waals surface area contributed by atoms with Gasteiger partial charge in [0, 0.05) is 22.9 Å². The summed E-state index contributed by atoms with van der Waals surface area (Å²) in [6.45, 7) is 3.34. The second-order valence-electron chi connectivity index (χ2n) is 5.95. The summed E-state index contributed by atoms with van der Waals surface area (Å²) in [4.78, 5) is 27.3. The predicted octanol–water partition coefficient (Wildman–Crippen LogP) is 4.46. The van der Waals surface area contributed by atoms with Crippen LogP contribution in [0, 0.1) is 17.0 Å². The number of H-pyrrole nitrogens is 1. The van der Waals surface area contributed by atoms with Crippen molar-refractivity contribution in [2.75, 3.05) is 5.32 Å². The number of anilines is 1. The van der Waals surface area contributed by atoms with Gasteiger partial charge >= 0.3 is 0 Å². The van der Waals surface area contributed by atoms with Crippen LogP contribution in [-0.4, -0.2) is 31.3 Å². The number of nitro groups is 1. The largest absolute Gasteiger partial charge is 0.325 e. The van der Waals surface area contributed by atoms with E-state index in [2.05, 4.69) is 20.5 Å². The van der Waals surface area contributed by atoms with Crippen LogP contribution in [-0.2, 0) is 4.79 Å². The summed E-state index contributed by atoms with van der Waals surface area (Å²) < 4.78 is 0. The summed E-state index contributed by atoms with van der Waals surface area (Å²) in [5.41, 5.74) is 1.56. The number of rotatable bonds is 6. The Balaban J connectivity index is 1.68. The van der Waals surface area contributed by atoms with Crippen molar-refractivity contribution in [3.05, 3.63) is 63.2 Å². The van der Waals surface area contributed by atoms with E-state index >= 15 is 0 Å². The monoisotopic (exact) mass is 417 g/mol. The molecule has 10 heteroatoms. The average molecular weight is 418 g/mol. The van der Waals surface area contributed by atoms with Crippen molar-refractivity contribution in [2.45, 2.75) is 24.3 Å². The van der Waals surface area contributed by atoms with E-state index in [1.165, 1.54) is 6.07 Å². The highest BCUT2D eigenvalue weighted by Crippen LogP contribution is 2.28. The molecule has 1 unspecified atom stereocenters. The zero-order valence-corrected chi connectivity index (χ0v) is 16.5. The molecule has 2 N–H and O–H groups in total. The number of halogens is 1. The maximum absolute atomic E-state index is 12.4. The molecule has 1 atom stereocenters. The molecular weight excluding hydrogens is 402 g/mol. The number of hydrogen-bond acceptors (Lipinski definition) is 6. The van der Waals surface area contributed by atoms with E-state index in [0.29, 0.717) is 32.8 Å². The number of nitro benzene ring substituents is 1. The zero-order valence-electron chi connectivity index (χ0n) is 15.0. The number of benzene rings is 2. The van der Waals surface area contributed by atoms with E-state index in [9.17, 15) is 14.9 Å². The first-order valence-corrected chi connectivity index (χ1v) is 9.51. The number of aromatic nitrogens is 3. The summed E-state index contributed by atoms with van der Waals surface area (Å²) in [7, 11) is 0. The maximum Gasteiger partial charge on any atom is 0.274 e. The SMILES string of the molecule is Cc1ccc(NC(=O)C(C)Sc2n[nH]c(-c3ccccc3Cl)n2)cc1[N+](=O)[O-]. The highest BCUT2D eigenvalue weighted by molar-refractivity contribution is 8.00. The van der Waals surface area contributed by atoms with Crippen molar-refractivity contribution in [1.29, 1.82) is 0 Å². The molecule has 1 amide bonds. The van der Waals surface area contributed by atoms with E-state index < -0.39 is 10.2 Å². The Morgan fingerprint density at radius 3 is 2.79 bits per heavy atom. The first-order chi connectivity index (χ1) is 13.3. The van der Waals surface area contributed by atoms with Crippen molar-refractivity contribution >= 4 is 40.6 Å². The predicted molar refractivity (Wildman–Crippen MR) is 109 cm³/mol. The van der Waals surface area contributed by atoms with Crippen LogP contribution in [0.1, 0.15) is 12.5 Å². The lowest BCUT2D eigenvalue weighted by atomic mass is 10.2. The summed E-state index contributed by atoms with van der Waals surface area (Å²) in [5, 5.41) is 21.1. The maximum atomic E-state index is 12.4. The molecule has 3 rings (SSSR count). The molecule has 0 aliphatic rings. The van der Waals surface area contributed by atoms with Gasteiger partial charge in [-0.2, -0.15) is 0 Å². The molecule has 3 aromatic rings. The van der Waals surface area contributed by atoms with Gasteiger partial charge in [0.25, 0.3) is 5.69 Å². The van der Waals surface area contributed by atoms with Gasteiger partial charge in [-0.25, -0.2) is 4.98 Å². The van der Waals surface area contributed by atoms with Gasteiger partial charge in [-0.15, -0.1) is 5.10 Å². The molecule has 1 heterocycles. The molecule has 0 spiro atoms. The number of hydrogen-bond donors (Lipinski definition) is 2. The van der Waals surface area contributed by atoms with Crippen LogP contribution in [0.2, 0.25) is 5.02 Å². The number of nitrogens with zero attached hydrogens (tertiary/aromatic N) is 3. The van der Waals surface area contributed by atoms with Crippen LogP contribution in [0.15, 0.2) is 47.6 Å². The van der Waals surface area contributed by atoms with Crippen LogP contribution in [0.3, 0.4) is 0 Å². The third-order valence-electron chi connectivity index (χ3n) is 3.92. The standard InChI is InChI=1S/C18H16ClN5O3S/c1-10-7-8-12(9-15(10)24(26)27)20-17(25)11(2)28-18-21-16(22-23-18)13-5-3-4-6-14(13)19/h3-9,11H,1-2H3,(H,20,25)(H,21,22,23). The molecule has 0 aliphatic heterocycles. The zero-order chi connectivity index (χ0) is 20.3. The topological polar surface area (TPSA) is 114 Å². The van der Waals surface area contributed by atoms with Gasteiger partial charge in [-0.05, 0) is 32.0 Å². The van der Waals surface area contributed by atoms with Gasteiger partial charge in [-0.1, -0.05) is 41.6 Å². The molecular formula is C18H16ClN5O3S. The van der Waals surface area contributed by atoms with Crippen molar-refractivity contribution in [3.63, 3.8) is 0 Å². The van der Waals surface area contributed by atoms with E-state index in [0.717, 1.165) is 11.8 Å². The highest BCUT2D eigenvalue weighted by Gasteiger charge is 2.19.